The third-order valence-corrected chi connectivity index (χ3v) is 3.49. The molecule has 138 valence electrons. The van der Waals surface area contributed by atoms with Gasteiger partial charge in [-0.15, -0.1) is 0 Å². The van der Waals surface area contributed by atoms with E-state index >= 15 is 0 Å². The second-order valence-corrected chi connectivity index (χ2v) is 6.39. The van der Waals surface area contributed by atoms with Crippen molar-refractivity contribution in [1.29, 1.82) is 0 Å². The molecule has 1 heterocycles. The highest BCUT2D eigenvalue weighted by molar-refractivity contribution is 5.95. The summed E-state index contributed by atoms with van der Waals surface area (Å²) in [5.74, 6) is -7.04. The number of methoxy groups -OCH3 is 2. The minimum atomic E-state index is -3.31. The van der Waals surface area contributed by atoms with Crippen molar-refractivity contribution < 1.29 is 48.7 Å². The summed E-state index contributed by atoms with van der Waals surface area (Å²) in [5, 5.41) is 31.6. The van der Waals surface area contributed by atoms with Crippen LogP contribution in [-0.4, -0.2) is 76.6 Å². The summed E-state index contributed by atoms with van der Waals surface area (Å²) in [6, 6.07) is 0. The summed E-state index contributed by atoms with van der Waals surface area (Å²) in [4.78, 5) is 35.8. The van der Waals surface area contributed by atoms with Gasteiger partial charge in [-0.1, -0.05) is 0 Å². The van der Waals surface area contributed by atoms with E-state index in [0.717, 1.165) is 14.2 Å². The number of rotatable bonds is 4. The van der Waals surface area contributed by atoms with Crippen molar-refractivity contribution >= 4 is 17.9 Å². The van der Waals surface area contributed by atoms with Crippen molar-refractivity contribution in [2.45, 2.75) is 49.8 Å². The maximum absolute atomic E-state index is 12.0. The van der Waals surface area contributed by atoms with Crippen LogP contribution in [0.3, 0.4) is 0 Å². The molecule has 0 aromatic heterocycles. The first-order valence-electron chi connectivity index (χ1n) is 6.97. The smallest absolute Gasteiger partial charge is 0.347 e. The maximum Gasteiger partial charge on any atom is 0.347 e. The molecular weight excluding hydrogens is 328 g/mol. The first-order chi connectivity index (χ1) is 10.8. The number of ether oxygens (including phenoxy) is 4. The second-order valence-electron chi connectivity index (χ2n) is 6.39. The lowest BCUT2D eigenvalue weighted by molar-refractivity contribution is -0.274. The van der Waals surface area contributed by atoms with Gasteiger partial charge >= 0.3 is 17.9 Å². The molecule has 24 heavy (non-hydrogen) atoms. The van der Waals surface area contributed by atoms with Crippen LogP contribution in [0, 0.1) is 0 Å². The lowest BCUT2D eigenvalue weighted by Crippen LogP contribution is -2.71. The van der Waals surface area contributed by atoms with Crippen molar-refractivity contribution in [2.24, 2.45) is 0 Å². The van der Waals surface area contributed by atoms with Crippen molar-refractivity contribution in [3.63, 3.8) is 0 Å². The van der Waals surface area contributed by atoms with E-state index < -0.39 is 53.5 Å². The molecule has 0 saturated carbocycles. The molecule has 1 aliphatic heterocycles. The summed E-state index contributed by atoms with van der Waals surface area (Å²) in [5.41, 5.74) is -7.21. The van der Waals surface area contributed by atoms with Gasteiger partial charge in [-0.05, 0) is 20.8 Å². The molecule has 0 aliphatic carbocycles. The Hall–Kier alpha value is -1.75. The Morgan fingerprint density at radius 2 is 1.54 bits per heavy atom. The number of hydrogen-bond acceptors (Lipinski definition) is 10. The van der Waals surface area contributed by atoms with Crippen LogP contribution in [0.5, 0.6) is 0 Å². The molecule has 0 bridgehead atoms. The first-order valence-corrected chi connectivity index (χ1v) is 6.97. The molecule has 1 unspecified atom stereocenters. The summed E-state index contributed by atoms with van der Waals surface area (Å²) in [6.45, 7) is 3.66. The van der Waals surface area contributed by atoms with Crippen LogP contribution in [0.4, 0.5) is 0 Å². The van der Waals surface area contributed by atoms with Gasteiger partial charge in [0.05, 0.1) is 20.8 Å². The van der Waals surface area contributed by atoms with E-state index in [-0.39, 0.29) is 0 Å². The van der Waals surface area contributed by atoms with Crippen LogP contribution in [0.15, 0.2) is 0 Å². The average molecular weight is 350 g/mol. The lowest BCUT2D eigenvalue weighted by atomic mass is 9.78. The van der Waals surface area contributed by atoms with Gasteiger partial charge in [-0.3, -0.25) is 4.79 Å². The highest BCUT2D eigenvalue weighted by Crippen LogP contribution is 2.45. The molecule has 0 spiro atoms. The zero-order chi connectivity index (χ0) is 19.0. The second kappa shape index (κ2) is 6.28. The minimum Gasteiger partial charge on any atom is -0.467 e. The molecule has 10 nitrogen and oxygen atoms in total. The summed E-state index contributed by atoms with van der Waals surface area (Å²) < 4.78 is 18.5. The molecule has 1 fully saturated rings. The van der Waals surface area contributed by atoms with E-state index in [1.54, 1.807) is 20.8 Å². The standard InChI is InChI=1S/C14H22O10/c1-11(2,3)24-8(15)6-13(19)14(20,10(17)22-5)12(18,7-23-13)9(16)21-4/h18-20H,6-7H2,1-5H3/t12-,13?,14+/m1/s1. The monoisotopic (exact) mass is 350 g/mol. The third-order valence-electron chi connectivity index (χ3n) is 3.49. The van der Waals surface area contributed by atoms with Crippen molar-refractivity contribution in [3.05, 3.63) is 0 Å². The molecule has 0 aromatic rings. The molecule has 0 aromatic carbocycles. The van der Waals surface area contributed by atoms with Gasteiger partial charge in [0, 0.05) is 0 Å². The van der Waals surface area contributed by atoms with Gasteiger partial charge in [-0.2, -0.15) is 0 Å². The molecular formula is C14H22O10. The van der Waals surface area contributed by atoms with Crippen molar-refractivity contribution in [3.8, 4) is 0 Å². The molecule has 3 N–H and O–H groups in total. The van der Waals surface area contributed by atoms with Gasteiger partial charge < -0.3 is 34.3 Å². The van der Waals surface area contributed by atoms with Crippen LogP contribution < -0.4 is 0 Å². The Morgan fingerprint density at radius 3 is 1.96 bits per heavy atom. The Kier molecular flexibility index (Phi) is 5.31. The topological polar surface area (TPSA) is 149 Å². The van der Waals surface area contributed by atoms with Gasteiger partial charge in [0.2, 0.25) is 11.4 Å². The Balaban J connectivity index is 3.29. The highest BCUT2D eigenvalue weighted by Gasteiger charge is 2.78. The van der Waals surface area contributed by atoms with Gasteiger partial charge in [0.1, 0.15) is 12.0 Å². The van der Waals surface area contributed by atoms with Crippen LogP contribution in [-0.2, 0) is 33.3 Å². The third kappa shape index (κ3) is 3.09. The zero-order valence-electron chi connectivity index (χ0n) is 14.1. The Bertz CT molecular complexity index is 538. The predicted octanol–water partition coefficient (Wildman–Crippen LogP) is -1.75. The van der Waals surface area contributed by atoms with Gasteiger partial charge in [-0.25, -0.2) is 9.59 Å². The van der Waals surface area contributed by atoms with Crippen LogP contribution in [0.1, 0.15) is 27.2 Å². The molecule has 0 amide bonds. The van der Waals surface area contributed by atoms with E-state index in [1.807, 2.05) is 0 Å². The fourth-order valence-electron chi connectivity index (χ4n) is 2.36. The van der Waals surface area contributed by atoms with Crippen molar-refractivity contribution in [1.82, 2.24) is 0 Å². The average Bonchev–Trinajstić information content (AvgIpc) is 2.66. The van der Waals surface area contributed by atoms with Crippen LogP contribution in [0.25, 0.3) is 0 Å². The normalized spacial score (nSPS) is 33.0. The molecule has 1 saturated heterocycles. The quantitative estimate of drug-likeness (QED) is 0.393. The molecule has 1 rings (SSSR count). The van der Waals surface area contributed by atoms with Crippen molar-refractivity contribution in [2.75, 3.05) is 20.8 Å². The predicted molar refractivity (Wildman–Crippen MR) is 75.3 cm³/mol. The SMILES string of the molecule is COC(=O)[C@]1(O)COC(O)(CC(=O)OC(C)(C)C)[C@]1(O)C(=O)OC. The number of hydrogen-bond donors (Lipinski definition) is 3. The van der Waals surface area contributed by atoms with E-state index in [4.69, 9.17) is 9.47 Å². The van der Waals surface area contributed by atoms with E-state index in [9.17, 15) is 29.7 Å². The van der Waals surface area contributed by atoms with E-state index in [2.05, 4.69) is 9.47 Å². The van der Waals surface area contributed by atoms with E-state index in [0.29, 0.717) is 0 Å². The zero-order valence-corrected chi connectivity index (χ0v) is 14.1. The number of esters is 3. The Labute approximate surface area is 138 Å². The summed E-state index contributed by atoms with van der Waals surface area (Å²) in [6.07, 6.45) is -1.05. The van der Waals surface area contributed by atoms with Gasteiger partial charge in [0.25, 0.3) is 5.60 Å². The minimum absolute atomic E-state index is 0.851. The largest absolute Gasteiger partial charge is 0.467 e. The fraction of sp³-hybridized carbons (Fsp3) is 0.786. The molecule has 10 heteroatoms. The fourth-order valence-corrected chi connectivity index (χ4v) is 2.36. The molecule has 3 atom stereocenters. The number of carbonyl (C=O) groups is 3. The Morgan fingerprint density at radius 1 is 1.04 bits per heavy atom. The highest BCUT2D eigenvalue weighted by atomic mass is 16.7. The maximum atomic E-state index is 12.0. The number of aliphatic hydroxyl groups is 3. The molecule has 0 radical (unpaired) electrons. The number of carbonyl (C=O) groups excluding carboxylic acids is 3. The van der Waals surface area contributed by atoms with Crippen LogP contribution in [0.2, 0.25) is 0 Å². The molecule has 1 aliphatic rings. The lowest BCUT2D eigenvalue weighted by Gasteiger charge is -2.38. The van der Waals surface area contributed by atoms with Crippen LogP contribution >= 0.6 is 0 Å². The first kappa shape index (κ1) is 20.3. The van der Waals surface area contributed by atoms with Gasteiger partial charge in [0.15, 0.2) is 0 Å². The summed E-state index contributed by atoms with van der Waals surface area (Å²) in [7, 11) is 1.74. The summed E-state index contributed by atoms with van der Waals surface area (Å²) >= 11 is 0. The van der Waals surface area contributed by atoms with E-state index in [1.165, 1.54) is 0 Å².